The molecule has 0 aromatic carbocycles. The Hall–Kier alpha value is 1.25. The summed E-state index contributed by atoms with van der Waals surface area (Å²) in [5.41, 5.74) is -0.193. The van der Waals surface area contributed by atoms with Crippen molar-refractivity contribution in [3.63, 3.8) is 0 Å². The van der Waals surface area contributed by atoms with E-state index in [9.17, 15) is 0 Å². The maximum atomic E-state index is 4.98. The fourth-order valence-electron chi connectivity index (χ4n) is 0. The summed E-state index contributed by atoms with van der Waals surface area (Å²) in [6.45, 7) is 5.67. The average molecular weight is 132 g/mol. The maximum absolute atomic E-state index is 4.98. The molecule has 0 aliphatic carbocycles. The molecule has 0 aliphatic rings. The molecular weight excluding hydrogens is 122 g/mol. The first-order chi connectivity index (χ1) is 2.56. The zero-order valence-corrected chi connectivity index (χ0v) is 8.04. The van der Waals surface area contributed by atoms with Gasteiger partial charge in [0.2, 0.25) is 0 Å². The predicted octanol–water partition coefficient (Wildman–Crippen LogP) is 1.57. The van der Waals surface area contributed by atoms with Crippen molar-refractivity contribution in [2.24, 2.45) is 0 Å². The molecule has 0 atom stereocenters. The first kappa shape index (κ1) is 11.1. The van der Waals surface area contributed by atoms with Crippen LogP contribution < -0.4 is 0 Å². The standard InChI is InChI=1S/C4H9ClO.Na/c1-4(2,3)6-5;/h1-3H3;. The zero-order chi connectivity index (χ0) is 5.21. The fourth-order valence-corrected chi connectivity index (χ4v) is 0. The third kappa shape index (κ3) is 11.1. The molecule has 0 saturated heterocycles. The van der Waals surface area contributed by atoms with E-state index in [-0.39, 0.29) is 35.2 Å². The summed E-state index contributed by atoms with van der Waals surface area (Å²) in [5, 5.41) is 0. The topological polar surface area (TPSA) is 9.23 Å². The van der Waals surface area contributed by atoms with Crippen molar-refractivity contribution < 1.29 is 4.29 Å². The van der Waals surface area contributed by atoms with E-state index in [0.717, 1.165) is 0 Å². The van der Waals surface area contributed by atoms with E-state index in [1.807, 2.05) is 20.8 Å². The van der Waals surface area contributed by atoms with Crippen LogP contribution in [0.2, 0.25) is 0 Å². The fraction of sp³-hybridized carbons (Fsp3) is 1.00. The van der Waals surface area contributed by atoms with Crippen LogP contribution in [0.5, 0.6) is 0 Å². The summed E-state index contributed by atoms with van der Waals surface area (Å²) >= 11 is 4.98. The summed E-state index contributed by atoms with van der Waals surface area (Å²) in [7, 11) is 0. The maximum Gasteiger partial charge on any atom is 0.0813 e. The normalized spacial score (nSPS) is 10.3. The van der Waals surface area contributed by atoms with Gasteiger partial charge in [0.25, 0.3) is 0 Å². The summed E-state index contributed by atoms with van der Waals surface area (Å²) in [6.07, 6.45) is 0. The molecule has 1 nitrogen and oxygen atoms in total. The Morgan fingerprint density at radius 2 is 1.43 bits per heavy atom. The molecule has 0 amide bonds. The molecule has 0 fully saturated rings. The van der Waals surface area contributed by atoms with Crippen LogP contribution in [0.15, 0.2) is 0 Å². The van der Waals surface area contributed by atoms with Crippen LogP contribution in [-0.4, -0.2) is 35.2 Å². The minimum absolute atomic E-state index is 0. The molecule has 0 aromatic rings. The van der Waals surface area contributed by atoms with Crippen LogP contribution in [-0.2, 0) is 4.29 Å². The second-order valence-electron chi connectivity index (χ2n) is 2.19. The largest absolute Gasteiger partial charge is 0.273 e. The van der Waals surface area contributed by atoms with Gasteiger partial charge in [-0.1, -0.05) is 0 Å². The zero-order valence-electron chi connectivity index (χ0n) is 5.29. The van der Waals surface area contributed by atoms with Crippen molar-refractivity contribution in [3.8, 4) is 0 Å². The molecule has 0 aliphatic heterocycles. The van der Waals surface area contributed by atoms with Crippen molar-refractivity contribution >= 4 is 41.4 Å². The number of hydrogen-bond acceptors (Lipinski definition) is 1. The van der Waals surface area contributed by atoms with Crippen molar-refractivity contribution in [1.29, 1.82) is 0 Å². The van der Waals surface area contributed by atoms with Gasteiger partial charge in [-0.25, -0.2) is 0 Å². The van der Waals surface area contributed by atoms with E-state index >= 15 is 0 Å². The van der Waals surface area contributed by atoms with Crippen LogP contribution in [0.3, 0.4) is 0 Å². The third-order valence-corrected chi connectivity index (χ3v) is 0.694. The van der Waals surface area contributed by atoms with Crippen LogP contribution in [0.1, 0.15) is 20.8 Å². The first-order valence-corrected chi connectivity index (χ1v) is 2.17. The molecule has 0 spiro atoms. The molecule has 0 aromatic heterocycles. The molecule has 0 saturated carbocycles. The second-order valence-corrected chi connectivity index (χ2v) is 2.34. The molecule has 0 bridgehead atoms. The van der Waals surface area contributed by atoms with E-state index < -0.39 is 0 Å². The molecule has 7 heavy (non-hydrogen) atoms. The van der Waals surface area contributed by atoms with Crippen LogP contribution in [0.4, 0.5) is 0 Å². The van der Waals surface area contributed by atoms with E-state index in [0.29, 0.717) is 0 Å². The van der Waals surface area contributed by atoms with Crippen LogP contribution in [0, 0.1) is 0 Å². The molecule has 0 N–H and O–H groups in total. The van der Waals surface area contributed by atoms with Gasteiger partial charge < -0.3 is 0 Å². The van der Waals surface area contributed by atoms with Gasteiger partial charge in [0.15, 0.2) is 0 Å². The van der Waals surface area contributed by atoms with Gasteiger partial charge in [0.1, 0.15) is 0 Å². The van der Waals surface area contributed by atoms with Gasteiger partial charge in [-0.05, 0) is 20.8 Å². The second kappa shape index (κ2) is 4.16. The van der Waals surface area contributed by atoms with Crippen LogP contribution >= 0.6 is 11.9 Å². The minimum atomic E-state index is -0.193. The summed E-state index contributed by atoms with van der Waals surface area (Å²) in [4.78, 5) is 0. The Morgan fingerprint density at radius 3 is 1.43 bits per heavy atom. The molecule has 0 heterocycles. The molecule has 3 heteroatoms. The Labute approximate surface area is 71.8 Å². The van der Waals surface area contributed by atoms with Crippen LogP contribution in [0.25, 0.3) is 0 Å². The molecule has 0 unspecified atom stereocenters. The van der Waals surface area contributed by atoms with Gasteiger partial charge in [-0.2, -0.15) is 0 Å². The van der Waals surface area contributed by atoms with Crippen molar-refractivity contribution in [2.45, 2.75) is 26.4 Å². The molecule has 39 valence electrons. The van der Waals surface area contributed by atoms with E-state index in [2.05, 4.69) is 4.29 Å². The predicted molar refractivity (Wildman–Crippen MR) is 32.4 cm³/mol. The minimum Gasteiger partial charge on any atom is -0.273 e. The summed E-state index contributed by atoms with van der Waals surface area (Å²) < 4.78 is 4.41. The van der Waals surface area contributed by atoms with E-state index in [1.165, 1.54) is 0 Å². The summed E-state index contributed by atoms with van der Waals surface area (Å²) in [5.74, 6) is 0. The van der Waals surface area contributed by atoms with Gasteiger partial charge in [0, 0.05) is 29.6 Å². The van der Waals surface area contributed by atoms with E-state index in [1.54, 1.807) is 0 Å². The average Bonchev–Trinajstić information content (AvgIpc) is 1.35. The van der Waals surface area contributed by atoms with E-state index in [4.69, 9.17) is 11.9 Å². The Kier molecular flexibility index (Phi) is 6.60. The van der Waals surface area contributed by atoms with Crippen molar-refractivity contribution in [3.05, 3.63) is 0 Å². The number of halogens is 1. The third-order valence-electron chi connectivity index (χ3n) is 0.231. The Morgan fingerprint density at radius 1 is 1.29 bits per heavy atom. The Balaban J connectivity index is 0. The number of rotatable bonds is 0. The molecular formula is C4H9ClNaO. The first-order valence-electron chi connectivity index (χ1n) is 1.86. The molecule has 0 rings (SSSR count). The Bertz CT molecular complexity index is 41.4. The monoisotopic (exact) mass is 131 g/mol. The van der Waals surface area contributed by atoms with Gasteiger partial charge in [-0.15, -0.1) is 0 Å². The smallest absolute Gasteiger partial charge is 0.0813 e. The number of hydrogen-bond donors (Lipinski definition) is 0. The van der Waals surface area contributed by atoms with Gasteiger partial charge in [-0.3, -0.25) is 4.29 Å². The quantitative estimate of drug-likeness (QED) is 0.454. The van der Waals surface area contributed by atoms with Gasteiger partial charge >= 0.3 is 0 Å². The van der Waals surface area contributed by atoms with Crippen molar-refractivity contribution in [1.82, 2.24) is 0 Å². The SMILES string of the molecule is CC(C)(C)OCl.[Na]. The van der Waals surface area contributed by atoms with Crippen molar-refractivity contribution in [2.75, 3.05) is 0 Å². The molecule has 1 radical (unpaired) electrons. The van der Waals surface area contributed by atoms with Gasteiger partial charge in [0.05, 0.1) is 17.5 Å². The summed E-state index contributed by atoms with van der Waals surface area (Å²) in [6, 6.07) is 0.